The predicted molar refractivity (Wildman–Crippen MR) is 125 cm³/mol. The number of rotatable bonds is 9. The minimum absolute atomic E-state index is 0.144. The van der Waals surface area contributed by atoms with Crippen molar-refractivity contribution in [3.63, 3.8) is 0 Å². The van der Waals surface area contributed by atoms with Gasteiger partial charge < -0.3 is 19.5 Å². The van der Waals surface area contributed by atoms with Gasteiger partial charge in [-0.25, -0.2) is 0 Å². The number of methoxy groups -OCH3 is 2. The van der Waals surface area contributed by atoms with Gasteiger partial charge in [0.05, 0.1) is 19.9 Å². The third kappa shape index (κ3) is 6.12. The number of hydrogen-bond donors (Lipinski definition) is 1. The number of ketones is 1. The van der Waals surface area contributed by atoms with Crippen molar-refractivity contribution in [3.05, 3.63) is 89.0 Å². The highest BCUT2D eigenvalue weighted by molar-refractivity contribution is 6.30. The molecule has 0 saturated heterocycles. The monoisotopic (exact) mass is 451 g/mol. The van der Waals surface area contributed by atoms with Gasteiger partial charge in [-0.2, -0.15) is 0 Å². The molecule has 3 aromatic carbocycles. The molecule has 0 spiro atoms. The van der Waals surface area contributed by atoms with Crippen molar-refractivity contribution in [2.75, 3.05) is 26.1 Å². The lowest BCUT2D eigenvalue weighted by Gasteiger charge is -2.13. The number of carbonyl (C=O) groups excluding carboxylic acids is 2. The summed E-state index contributed by atoms with van der Waals surface area (Å²) in [6, 6.07) is 18.9. The fraction of sp³-hybridized carbons (Fsp3) is 0.120. The Labute approximate surface area is 191 Å². The molecule has 3 aromatic rings. The molecule has 7 heteroatoms. The van der Waals surface area contributed by atoms with Crippen molar-refractivity contribution >= 4 is 35.1 Å². The van der Waals surface area contributed by atoms with Crippen molar-refractivity contribution < 1.29 is 23.8 Å². The molecular weight excluding hydrogens is 430 g/mol. The fourth-order valence-corrected chi connectivity index (χ4v) is 2.99. The number of halogens is 1. The number of nitrogens with one attached hydrogen (secondary N) is 1. The fourth-order valence-electron chi connectivity index (χ4n) is 2.87. The molecule has 0 aliphatic rings. The first kappa shape index (κ1) is 22.9. The molecular formula is C25H22ClNO5. The van der Waals surface area contributed by atoms with E-state index in [1.165, 1.54) is 20.3 Å². The zero-order valence-electron chi connectivity index (χ0n) is 17.6. The van der Waals surface area contributed by atoms with E-state index in [0.717, 1.165) is 5.56 Å². The van der Waals surface area contributed by atoms with E-state index in [0.29, 0.717) is 33.5 Å². The second kappa shape index (κ2) is 11.0. The molecule has 0 bridgehead atoms. The van der Waals surface area contributed by atoms with Crippen molar-refractivity contribution in [3.8, 4) is 17.2 Å². The number of anilines is 1. The van der Waals surface area contributed by atoms with Crippen molar-refractivity contribution in [1.29, 1.82) is 0 Å². The largest absolute Gasteiger partial charge is 0.495 e. The predicted octanol–water partition coefficient (Wildman–Crippen LogP) is 5.27. The van der Waals surface area contributed by atoms with Gasteiger partial charge in [0.25, 0.3) is 5.91 Å². The number of benzene rings is 3. The summed E-state index contributed by atoms with van der Waals surface area (Å²) in [6.45, 7) is -0.210. The Bertz CT molecular complexity index is 1130. The van der Waals surface area contributed by atoms with Gasteiger partial charge in [0.2, 0.25) is 0 Å². The van der Waals surface area contributed by atoms with Gasteiger partial charge in [0, 0.05) is 10.6 Å². The third-order valence-electron chi connectivity index (χ3n) is 4.48. The molecule has 0 unspecified atom stereocenters. The van der Waals surface area contributed by atoms with Crippen molar-refractivity contribution in [2.45, 2.75) is 0 Å². The molecule has 0 heterocycles. The van der Waals surface area contributed by atoms with Crippen LogP contribution in [0, 0.1) is 0 Å². The van der Waals surface area contributed by atoms with E-state index in [2.05, 4.69) is 5.32 Å². The Balaban J connectivity index is 1.62. The quantitative estimate of drug-likeness (QED) is 0.354. The van der Waals surface area contributed by atoms with Crippen molar-refractivity contribution in [2.24, 2.45) is 0 Å². The van der Waals surface area contributed by atoms with E-state index in [9.17, 15) is 9.59 Å². The zero-order valence-corrected chi connectivity index (χ0v) is 18.4. The average Bonchev–Trinajstić information content (AvgIpc) is 2.82. The lowest BCUT2D eigenvalue weighted by molar-refractivity contribution is -0.118. The summed E-state index contributed by atoms with van der Waals surface area (Å²) in [5.41, 5.74) is 1.84. The lowest BCUT2D eigenvalue weighted by Crippen LogP contribution is -2.20. The molecule has 0 atom stereocenters. The maximum Gasteiger partial charge on any atom is 0.262 e. The standard InChI is InChI=1S/C25H22ClNO5/c1-30-22-6-4-3-5-20(22)27-25(29)16-32-23-14-8-17(15-24(23)31-2)7-13-21(28)18-9-11-19(26)12-10-18/h3-15H,16H2,1-2H3,(H,27,29)/b13-7+. The molecule has 164 valence electrons. The highest BCUT2D eigenvalue weighted by Gasteiger charge is 2.11. The summed E-state index contributed by atoms with van der Waals surface area (Å²) in [7, 11) is 3.04. The normalized spacial score (nSPS) is 10.6. The first-order valence-electron chi connectivity index (χ1n) is 9.72. The van der Waals surface area contributed by atoms with Crippen LogP contribution >= 0.6 is 11.6 Å². The molecule has 0 aliphatic heterocycles. The van der Waals surface area contributed by atoms with Gasteiger partial charge in [0.15, 0.2) is 23.9 Å². The van der Waals surface area contributed by atoms with Gasteiger partial charge >= 0.3 is 0 Å². The number of allylic oxidation sites excluding steroid dienone is 1. The van der Waals surface area contributed by atoms with Gasteiger partial charge in [-0.05, 0) is 60.2 Å². The van der Waals surface area contributed by atoms with Crippen LogP contribution in [0.15, 0.2) is 72.8 Å². The minimum atomic E-state index is -0.339. The number of ether oxygens (including phenoxy) is 3. The van der Waals surface area contributed by atoms with Crippen molar-refractivity contribution in [1.82, 2.24) is 0 Å². The smallest absolute Gasteiger partial charge is 0.262 e. The summed E-state index contributed by atoms with van der Waals surface area (Å²) in [4.78, 5) is 24.5. The molecule has 32 heavy (non-hydrogen) atoms. The number of hydrogen-bond acceptors (Lipinski definition) is 5. The maximum atomic E-state index is 12.3. The molecule has 1 amide bonds. The summed E-state index contributed by atoms with van der Waals surface area (Å²) in [5.74, 6) is 0.922. The topological polar surface area (TPSA) is 73.9 Å². The van der Waals surface area contributed by atoms with Crippen LogP contribution in [0.25, 0.3) is 6.08 Å². The molecule has 0 aliphatic carbocycles. The van der Waals surface area contributed by atoms with Crippen LogP contribution in [0.4, 0.5) is 5.69 Å². The SMILES string of the molecule is COc1ccccc1NC(=O)COc1ccc(/C=C/C(=O)c2ccc(Cl)cc2)cc1OC. The third-order valence-corrected chi connectivity index (χ3v) is 4.74. The zero-order chi connectivity index (χ0) is 22.9. The summed E-state index contributed by atoms with van der Waals surface area (Å²) < 4.78 is 16.2. The molecule has 3 rings (SSSR count). The Morgan fingerprint density at radius 1 is 0.906 bits per heavy atom. The van der Waals surface area contributed by atoms with Crippen LogP contribution in [0.3, 0.4) is 0 Å². The van der Waals surface area contributed by atoms with Crippen LogP contribution in [-0.2, 0) is 4.79 Å². The van der Waals surface area contributed by atoms with Gasteiger partial charge in [-0.1, -0.05) is 35.9 Å². The molecule has 0 radical (unpaired) electrons. The Morgan fingerprint density at radius 2 is 1.62 bits per heavy atom. The minimum Gasteiger partial charge on any atom is -0.495 e. The molecule has 0 fully saturated rings. The van der Waals surface area contributed by atoms with Gasteiger partial charge in [-0.15, -0.1) is 0 Å². The van der Waals surface area contributed by atoms with Gasteiger partial charge in [-0.3, -0.25) is 9.59 Å². The van der Waals surface area contributed by atoms with E-state index in [1.807, 2.05) is 6.07 Å². The molecule has 1 N–H and O–H groups in total. The Hall–Kier alpha value is -3.77. The number of amides is 1. The van der Waals surface area contributed by atoms with E-state index in [1.54, 1.807) is 66.7 Å². The molecule has 6 nitrogen and oxygen atoms in total. The average molecular weight is 452 g/mol. The van der Waals surface area contributed by atoms with E-state index >= 15 is 0 Å². The van der Waals surface area contributed by atoms with E-state index in [-0.39, 0.29) is 18.3 Å². The second-order valence-electron chi connectivity index (χ2n) is 6.65. The second-order valence-corrected chi connectivity index (χ2v) is 7.09. The number of carbonyl (C=O) groups is 2. The van der Waals surface area contributed by atoms with E-state index in [4.69, 9.17) is 25.8 Å². The molecule has 0 saturated carbocycles. The molecule has 0 aromatic heterocycles. The highest BCUT2D eigenvalue weighted by atomic mass is 35.5. The maximum absolute atomic E-state index is 12.3. The van der Waals surface area contributed by atoms with E-state index < -0.39 is 0 Å². The number of para-hydroxylation sites is 2. The first-order chi connectivity index (χ1) is 15.5. The summed E-state index contributed by atoms with van der Waals surface area (Å²) >= 11 is 5.85. The van der Waals surface area contributed by atoms with Crippen LogP contribution < -0.4 is 19.5 Å². The van der Waals surface area contributed by atoms with Gasteiger partial charge in [0.1, 0.15) is 5.75 Å². The van der Waals surface area contributed by atoms with Crippen LogP contribution in [0.2, 0.25) is 5.02 Å². The van der Waals surface area contributed by atoms with Crippen LogP contribution in [-0.4, -0.2) is 32.5 Å². The lowest BCUT2D eigenvalue weighted by atomic mass is 10.1. The Kier molecular flexibility index (Phi) is 7.89. The van der Waals surface area contributed by atoms with Crippen LogP contribution in [0.1, 0.15) is 15.9 Å². The first-order valence-corrected chi connectivity index (χ1v) is 10.1. The summed E-state index contributed by atoms with van der Waals surface area (Å²) in [6.07, 6.45) is 3.15. The Morgan fingerprint density at radius 3 is 2.34 bits per heavy atom. The summed E-state index contributed by atoms with van der Waals surface area (Å²) in [5, 5.41) is 3.32. The highest BCUT2D eigenvalue weighted by Crippen LogP contribution is 2.29. The van der Waals surface area contributed by atoms with Crippen LogP contribution in [0.5, 0.6) is 17.2 Å².